The molecule has 3 aromatic rings. The van der Waals surface area contributed by atoms with Crippen LogP contribution in [0.4, 0.5) is 0 Å². The summed E-state index contributed by atoms with van der Waals surface area (Å²) in [6, 6.07) is 19.7. The second-order valence-corrected chi connectivity index (χ2v) is 8.32. The first-order chi connectivity index (χ1) is 15.6. The Morgan fingerprint density at radius 2 is 1.84 bits per heavy atom. The molecule has 168 valence electrons. The minimum Gasteiger partial charge on any atom is -0.493 e. The van der Waals surface area contributed by atoms with Crippen molar-refractivity contribution < 1.29 is 24.1 Å². The zero-order valence-corrected chi connectivity index (χ0v) is 19.4. The lowest BCUT2D eigenvalue weighted by atomic mass is 10.1. The highest BCUT2D eigenvalue weighted by Gasteiger charge is 2.19. The molecule has 0 bridgehead atoms. The molecule has 1 heterocycles. The largest absolute Gasteiger partial charge is 0.493 e. The minimum absolute atomic E-state index is 0.0727. The summed E-state index contributed by atoms with van der Waals surface area (Å²) in [5.74, 6) is 2.47. The number of fused-ring (bicyclic) bond motifs is 1. The van der Waals surface area contributed by atoms with Crippen LogP contribution in [-0.2, 0) is 13.0 Å². The summed E-state index contributed by atoms with van der Waals surface area (Å²) in [4.78, 5) is 0. The van der Waals surface area contributed by atoms with Gasteiger partial charge in [0.2, 0.25) is 6.79 Å². The molecule has 0 aromatic heterocycles. The fourth-order valence-corrected chi connectivity index (χ4v) is 4.11. The van der Waals surface area contributed by atoms with E-state index < -0.39 is 6.10 Å². The molecule has 7 heteroatoms. The molecular formula is C25H26BrNO5. The van der Waals surface area contributed by atoms with Gasteiger partial charge < -0.3 is 29.4 Å². The van der Waals surface area contributed by atoms with Crippen molar-refractivity contribution in [2.45, 2.75) is 19.1 Å². The van der Waals surface area contributed by atoms with Crippen molar-refractivity contribution in [2.24, 2.45) is 0 Å². The van der Waals surface area contributed by atoms with E-state index in [-0.39, 0.29) is 13.4 Å². The minimum atomic E-state index is -0.819. The van der Waals surface area contributed by atoms with Gasteiger partial charge in [-0.25, -0.2) is 0 Å². The number of rotatable bonds is 10. The van der Waals surface area contributed by atoms with Crippen LogP contribution >= 0.6 is 15.9 Å². The number of halogens is 1. The van der Waals surface area contributed by atoms with E-state index in [0.717, 1.165) is 23.0 Å². The molecule has 0 aliphatic carbocycles. The first kappa shape index (κ1) is 22.5. The number of nitrogens with one attached hydrogen (secondary N) is 1. The van der Waals surface area contributed by atoms with Gasteiger partial charge in [0, 0.05) is 6.54 Å². The summed E-state index contributed by atoms with van der Waals surface area (Å²) in [5, 5.41) is 14.0. The van der Waals surface area contributed by atoms with Crippen molar-refractivity contribution in [3.8, 4) is 23.0 Å². The molecule has 0 amide bonds. The molecule has 1 atom stereocenters. The Labute approximate surface area is 196 Å². The Bertz CT molecular complexity index is 1040. The van der Waals surface area contributed by atoms with Gasteiger partial charge in [-0.1, -0.05) is 36.4 Å². The predicted molar refractivity (Wildman–Crippen MR) is 126 cm³/mol. The number of ether oxygens (including phenoxy) is 4. The Balaban J connectivity index is 1.34. The van der Waals surface area contributed by atoms with Gasteiger partial charge in [0.05, 0.1) is 11.6 Å². The molecule has 1 unspecified atom stereocenters. The van der Waals surface area contributed by atoms with Gasteiger partial charge in [-0.2, -0.15) is 0 Å². The Kier molecular flexibility index (Phi) is 7.52. The Hall–Kier alpha value is -2.74. The summed E-state index contributed by atoms with van der Waals surface area (Å²) < 4.78 is 22.9. The number of benzene rings is 3. The number of hydrogen-bond acceptors (Lipinski definition) is 6. The number of methoxy groups -OCH3 is 1. The molecule has 0 fully saturated rings. The average Bonchev–Trinajstić information content (AvgIpc) is 3.29. The molecule has 1 aliphatic heterocycles. The summed E-state index contributed by atoms with van der Waals surface area (Å²) >= 11 is 3.58. The maximum Gasteiger partial charge on any atom is 0.231 e. The van der Waals surface area contributed by atoms with Gasteiger partial charge in [0.1, 0.15) is 12.7 Å². The first-order valence-electron chi connectivity index (χ1n) is 10.5. The van der Waals surface area contributed by atoms with Crippen molar-refractivity contribution >= 4 is 15.9 Å². The van der Waals surface area contributed by atoms with E-state index in [2.05, 4.69) is 45.5 Å². The van der Waals surface area contributed by atoms with Gasteiger partial charge in [-0.15, -0.1) is 0 Å². The molecule has 32 heavy (non-hydrogen) atoms. The summed E-state index contributed by atoms with van der Waals surface area (Å²) in [7, 11) is 1.61. The van der Waals surface area contributed by atoms with Crippen LogP contribution in [0, 0.1) is 0 Å². The van der Waals surface area contributed by atoms with Crippen molar-refractivity contribution in [3.63, 3.8) is 0 Å². The van der Waals surface area contributed by atoms with Gasteiger partial charge in [-0.3, -0.25) is 0 Å². The monoisotopic (exact) mass is 499 g/mol. The summed E-state index contributed by atoms with van der Waals surface area (Å²) in [5.41, 5.74) is 3.08. The van der Waals surface area contributed by atoms with Crippen LogP contribution in [0.2, 0.25) is 0 Å². The van der Waals surface area contributed by atoms with Crippen LogP contribution in [0.5, 0.6) is 23.0 Å². The molecule has 2 N–H and O–H groups in total. The van der Waals surface area contributed by atoms with Crippen LogP contribution in [-0.4, -0.2) is 32.2 Å². The second-order valence-electron chi connectivity index (χ2n) is 7.46. The highest BCUT2D eigenvalue weighted by molar-refractivity contribution is 9.10. The van der Waals surface area contributed by atoms with Crippen LogP contribution in [0.3, 0.4) is 0 Å². The third kappa shape index (κ3) is 5.54. The molecule has 4 rings (SSSR count). The quantitative estimate of drug-likeness (QED) is 0.396. The van der Waals surface area contributed by atoms with E-state index in [4.69, 9.17) is 18.9 Å². The highest BCUT2D eigenvalue weighted by Crippen LogP contribution is 2.38. The maximum atomic E-state index is 10.6. The smallest absolute Gasteiger partial charge is 0.231 e. The van der Waals surface area contributed by atoms with Crippen LogP contribution < -0.4 is 24.3 Å². The van der Waals surface area contributed by atoms with Crippen molar-refractivity contribution in [3.05, 3.63) is 81.8 Å². The second kappa shape index (κ2) is 10.7. The third-order valence-electron chi connectivity index (χ3n) is 5.22. The standard InChI is InChI=1S/C25H26BrNO5/c1-29-24-12-18(14-27-10-9-17-5-3-2-4-6-17)11-20(26)25(24)30-15-21(28)19-7-8-22-23(13-19)32-16-31-22/h2-8,11-13,21,27-28H,9-10,14-16H2,1H3. The molecule has 0 saturated carbocycles. The molecular weight excluding hydrogens is 474 g/mol. The van der Waals surface area contributed by atoms with Gasteiger partial charge >= 0.3 is 0 Å². The van der Waals surface area contributed by atoms with Crippen LogP contribution in [0.25, 0.3) is 0 Å². The third-order valence-corrected chi connectivity index (χ3v) is 5.81. The molecule has 1 aliphatic rings. The van der Waals surface area contributed by atoms with E-state index in [1.807, 2.05) is 18.2 Å². The fourth-order valence-electron chi connectivity index (χ4n) is 3.50. The van der Waals surface area contributed by atoms with Crippen molar-refractivity contribution in [1.82, 2.24) is 5.32 Å². The van der Waals surface area contributed by atoms with E-state index in [1.54, 1.807) is 25.3 Å². The zero-order chi connectivity index (χ0) is 22.3. The highest BCUT2D eigenvalue weighted by atomic mass is 79.9. The van der Waals surface area contributed by atoms with Gasteiger partial charge in [0.15, 0.2) is 23.0 Å². The topological polar surface area (TPSA) is 69.2 Å². The first-order valence-corrected chi connectivity index (χ1v) is 11.2. The molecule has 0 saturated heterocycles. The van der Waals surface area contributed by atoms with E-state index in [1.165, 1.54) is 5.56 Å². The molecule has 0 spiro atoms. The van der Waals surface area contributed by atoms with Crippen LogP contribution in [0.1, 0.15) is 22.8 Å². The number of hydrogen-bond donors (Lipinski definition) is 2. The van der Waals surface area contributed by atoms with E-state index >= 15 is 0 Å². The van der Waals surface area contributed by atoms with E-state index in [9.17, 15) is 5.11 Å². The Morgan fingerprint density at radius 1 is 1.03 bits per heavy atom. The average molecular weight is 500 g/mol. The lowest BCUT2D eigenvalue weighted by molar-refractivity contribution is 0.105. The van der Waals surface area contributed by atoms with Gasteiger partial charge in [0.25, 0.3) is 0 Å². The Morgan fingerprint density at radius 3 is 2.66 bits per heavy atom. The fraction of sp³-hybridized carbons (Fsp3) is 0.280. The number of aliphatic hydroxyl groups is 1. The molecule has 6 nitrogen and oxygen atoms in total. The lowest BCUT2D eigenvalue weighted by Crippen LogP contribution is -2.17. The molecule has 3 aromatic carbocycles. The predicted octanol–water partition coefficient (Wildman–Crippen LogP) is 4.63. The van der Waals surface area contributed by atoms with Crippen molar-refractivity contribution in [1.29, 1.82) is 0 Å². The van der Waals surface area contributed by atoms with Gasteiger partial charge in [-0.05, 0) is 69.9 Å². The maximum absolute atomic E-state index is 10.6. The molecule has 0 radical (unpaired) electrons. The van der Waals surface area contributed by atoms with Crippen LogP contribution in [0.15, 0.2) is 65.1 Å². The van der Waals surface area contributed by atoms with E-state index in [0.29, 0.717) is 35.1 Å². The zero-order valence-electron chi connectivity index (χ0n) is 17.8. The number of aliphatic hydroxyl groups excluding tert-OH is 1. The summed E-state index contributed by atoms with van der Waals surface area (Å²) in [6.45, 7) is 1.86. The van der Waals surface area contributed by atoms with Crippen molar-refractivity contribution in [2.75, 3.05) is 27.1 Å². The normalized spacial score (nSPS) is 13.1. The summed E-state index contributed by atoms with van der Waals surface area (Å²) in [6.07, 6.45) is 0.151. The lowest BCUT2D eigenvalue weighted by Gasteiger charge is -2.17. The SMILES string of the molecule is COc1cc(CNCCc2ccccc2)cc(Br)c1OCC(O)c1ccc2c(c1)OCO2.